The van der Waals surface area contributed by atoms with Crippen LogP contribution < -0.4 is 5.32 Å². The predicted molar refractivity (Wildman–Crippen MR) is 250 cm³/mol. The second-order valence-corrected chi connectivity index (χ2v) is 15.9. The third-order valence-corrected chi connectivity index (χ3v) is 10.4. The number of ether oxygens (including phenoxy) is 1. The third-order valence-electron chi connectivity index (χ3n) is 10.4. The molecule has 0 spiro atoms. The number of hydrogen-bond acceptors (Lipinski definition) is 5. The van der Waals surface area contributed by atoms with E-state index < -0.39 is 18.2 Å². The average Bonchev–Trinajstić information content (AvgIpc) is 3.22. The lowest BCUT2D eigenvalue weighted by Gasteiger charge is -2.24. The molecule has 3 N–H and O–H groups in total. The molecule has 0 heterocycles. The Balaban J connectivity index is 4.64. The fourth-order valence-electron chi connectivity index (χ4n) is 6.79. The molecule has 0 radical (unpaired) electrons. The molecular formula is C52H89NO5. The summed E-state index contributed by atoms with van der Waals surface area (Å²) in [6.45, 7) is 6.17. The van der Waals surface area contributed by atoms with Crippen LogP contribution in [-0.4, -0.2) is 46.9 Å². The molecule has 6 nitrogen and oxygen atoms in total. The molecular weight excluding hydrogens is 719 g/mol. The highest BCUT2D eigenvalue weighted by atomic mass is 16.5. The molecule has 0 aliphatic heterocycles. The molecule has 0 aromatic heterocycles. The van der Waals surface area contributed by atoms with Crippen LogP contribution in [0.25, 0.3) is 0 Å². The molecule has 332 valence electrons. The first-order chi connectivity index (χ1) is 28.5. The van der Waals surface area contributed by atoms with Gasteiger partial charge in [0.2, 0.25) is 5.91 Å². The number of hydrogen-bond donors (Lipinski definition) is 3. The van der Waals surface area contributed by atoms with Crippen LogP contribution in [0.4, 0.5) is 0 Å². The minimum absolute atomic E-state index is 0.0340. The second-order valence-electron chi connectivity index (χ2n) is 15.9. The molecule has 0 aromatic carbocycles. The Kier molecular flexibility index (Phi) is 42.8. The van der Waals surface area contributed by atoms with Crippen molar-refractivity contribution in [2.75, 3.05) is 6.61 Å². The summed E-state index contributed by atoms with van der Waals surface area (Å²) in [6, 6.07) is -0.724. The van der Waals surface area contributed by atoms with Gasteiger partial charge in [-0.15, -0.1) is 0 Å². The van der Waals surface area contributed by atoms with Gasteiger partial charge in [-0.25, -0.2) is 0 Å². The lowest BCUT2D eigenvalue weighted by atomic mass is 10.0. The molecule has 3 atom stereocenters. The van der Waals surface area contributed by atoms with Gasteiger partial charge in [-0.3, -0.25) is 9.59 Å². The zero-order valence-corrected chi connectivity index (χ0v) is 37.6. The zero-order chi connectivity index (χ0) is 42.4. The van der Waals surface area contributed by atoms with Crippen LogP contribution in [0.2, 0.25) is 0 Å². The van der Waals surface area contributed by atoms with Crippen LogP contribution in [0.15, 0.2) is 85.1 Å². The number of amides is 1. The molecule has 0 aliphatic carbocycles. The second kappa shape index (κ2) is 45.1. The monoisotopic (exact) mass is 808 g/mol. The fourth-order valence-corrected chi connectivity index (χ4v) is 6.79. The van der Waals surface area contributed by atoms with Gasteiger partial charge >= 0.3 is 5.97 Å². The molecule has 1 amide bonds. The summed E-state index contributed by atoms with van der Waals surface area (Å²) in [5.74, 6) is -0.563. The molecule has 0 fully saturated rings. The molecule has 0 saturated carbocycles. The standard InChI is InChI=1S/C52H89NO5/c1-4-7-10-13-16-19-22-24-25-27-29-32-35-38-41-44-50(55)49(47-54)53-51(56)46-48(43-40-37-34-31-28-21-18-15-12-9-6-3)58-52(57)45-42-39-36-33-30-26-23-20-17-14-11-8-5-2/h8-9,11-12,14-15,17-18,20-21,23,26,28,30,48-50,54-55H,4-7,10,13,16,19,22,24-25,27,29,31-47H2,1-3H3,(H,53,56)/b11-8+,12-9+,17-14+,18-15+,23-20-,28-21-,30-26-. The van der Waals surface area contributed by atoms with Gasteiger partial charge in [0.25, 0.3) is 0 Å². The van der Waals surface area contributed by atoms with E-state index in [1.807, 2.05) is 42.5 Å². The van der Waals surface area contributed by atoms with E-state index in [9.17, 15) is 19.8 Å². The first-order valence-corrected chi connectivity index (χ1v) is 23.9. The van der Waals surface area contributed by atoms with Crippen molar-refractivity contribution in [3.8, 4) is 0 Å². The minimum atomic E-state index is -0.807. The summed E-state index contributed by atoms with van der Waals surface area (Å²) in [4.78, 5) is 26.0. The van der Waals surface area contributed by atoms with Gasteiger partial charge in [0.05, 0.1) is 25.2 Å². The smallest absolute Gasteiger partial charge is 0.306 e. The molecule has 0 bridgehead atoms. The largest absolute Gasteiger partial charge is 0.462 e. The van der Waals surface area contributed by atoms with Gasteiger partial charge in [-0.2, -0.15) is 0 Å². The van der Waals surface area contributed by atoms with E-state index in [1.54, 1.807) is 0 Å². The molecule has 6 heteroatoms. The molecule has 3 unspecified atom stereocenters. The lowest BCUT2D eigenvalue weighted by Crippen LogP contribution is -2.46. The maximum atomic E-state index is 13.1. The molecule has 58 heavy (non-hydrogen) atoms. The highest BCUT2D eigenvalue weighted by Gasteiger charge is 2.24. The Morgan fingerprint density at radius 2 is 0.931 bits per heavy atom. The van der Waals surface area contributed by atoms with Crippen molar-refractivity contribution in [1.82, 2.24) is 5.32 Å². The van der Waals surface area contributed by atoms with Gasteiger partial charge in [0, 0.05) is 6.42 Å². The number of carbonyl (C=O) groups is 2. The number of unbranched alkanes of at least 4 members (excludes halogenated alkanes) is 20. The van der Waals surface area contributed by atoms with Crippen LogP contribution in [-0.2, 0) is 14.3 Å². The molecule has 0 aliphatic rings. The Morgan fingerprint density at radius 3 is 1.41 bits per heavy atom. The number of aliphatic hydroxyl groups excluding tert-OH is 2. The number of carbonyl (C=O) groups excluding carboxylic acids is 2. The van der Waals surface area contributed by atoms with Gasteiger partial charge in [-0.1, -0.05) is 215 Å². The Bertz CT molecular complexity index is 1130. The zero-order valence-electron chi connectivity index (χ0n) is 37.6. The number of rotatable bonds is 41. The summed E-state index contributed by atoms with van der Waals surface area (Å²) >= 11 is 0. The van der Waals surface area contributed by atoms with Gasteiger partial charge < -0.3 is 20.3 Å². The van der Waals surface area contributed by atoms with Gasteiger partial charge in [-0.05, 0) is 64.2 Å². The molecule has 0 rings (SSSR count). The number of aliphatic hydroxyl groups is 2. The highest BCUT2D eigenvalue weighted by molar-refractivity contribution is 5.77. The van der Waals surface area contributed by atoms with E-state index in [1.165, 1.54) is 77.0 Å². The van der Waals surface area contributed by atoms with E-state index in [-0.39, 0.29) is 24.9 Å². The molecule has 0 saturated heterocycles. The highest BCUT2D eigenvalue weighted by Crippen LogP contribution is 2.17. The van der Waals surface area contributed by atoms with E-state index in [4.69, 9.17) is 4.74 Å². The van der Waals surface area contributed by atoms with Crippen molar-refractivity contribution in [3.63, 3.8) is 0 Å². The molecule has 0 aromatic rings. The first-order valence-electron chi connectivity index (χ1n) is 23.9. The SMILES string of the molecule is CC/C=C/C=C/C=C\C=C/CCCCCC(=O)OC(CCCCC\C=C/C=C/C=C/CC)CC(=O)NC(CO)C(O)CCCCCCCCCCCCCCCCC. The fraction of sp³-hybridized carbons (Fsp3) is 0.692. The van der Waals surface area contributed by atoms with Crippen LogP contribution in [0.5, 0.6) is 0 Å². The summed E-state index contributed by atoms with van der Waals surface area (Å²) < 4.78 is 5.87. The van der Waals surface area contributed by atoms with Crippen molar-refractivity contribution in [2.24, 2.45) is 0 Å². The average molecular weight is 808 g/mol. The van der Waals surface area contributed by atoms with Crippen molar-refractivity contribution in [1.29, 1.82) is 0 Å². The number of allylic oxidation sites excluding steroid dienone is 14. The topological polar surface area (TPSA) is 95.9 Å². The van der Waals surface area contributed by atoms with Crippen LogP contribution in [0, 0.1) is 0 Å². The summed E-state index contributed by atoms with van der Waals surface area (Å²) in [5.41, 5.74) is 0. The van der Waals surface area contributed by atoms with Crippen LogP contribution in [0.3, 0.4) is 0 Å². The maximum absolute atomic E-state index is 13.1. The van der Waals surface area contributed by atoms with Gasteiger partial charge in [0.15, 0.2) is 0 Å². The van der Waals surface area contributed by atoms with E-state index >= 15 is 0 Å². The van der Waals surface area contributed by atoms with E-state index in [0.29, 0.717) is 19.3 Å². The third kappa shape index (κ3) is 39.8. The van der Waals surface area contributed by atoms with E-state index in [2.05, 4.69) is 68.6 Å². The van der Waals surface area contributed by atoms with Crippen molar-refractivity contribution in [3.05, 3.63) is 85.1 Å². The Hall–Kier alpha value is -2.96. The minimum Gasteiger partial charge on any atom is -0.462 e. The summed E-state index contributed by atoms with van der Waals surface area (Å²) in [5, 5.41) is 23.7. The van der Waals surface area contributed by atoms with Crippen LogP contribution >= 0.6 is 0 Å². The van der Waals surface area contributed by atoms with Crippen molar-refractivity contribution < 1.29 is 24.5 Å². The van der Waals surface area contributed by atoms with Crippen LogP contribution in [0.1, 0.15) is 207 Å². The first kappa shape index (κ1) is 55.0. The Morgan fingerprint density at radius 1 is 0.517 bits per heavy atom. The van der Waals surface area contributed by atoms with Crippen molar-refractivity contribution in [2.45, 2.75) is 225 Å². The maximum Gasteiger partial charge on any atom is 0.306 e. The number of nitrogens with one attached hydrogen (secondary N) is 1. The lowest BCUT2D eigenvalue weighted by molar-refractivity contribution is -0.151. The summed E-state index contributed by atoms with van der Waals surface area (Å²) in [6.07, 6.45) is 57.9. The normalized spacial score (nSPS) is 14.1. The van der Waals surface area contributed by atoms with Crippen molar-refractivity contribution >= 4 is 11.9 Å². The quantitative estimate of drug-likeness (QED) is 0.0325. The number of esters is 1. The Labute approximate surface area is 357 Å². The van der Waals surface area contributed by atoms with E-state index in [0.717, 1.165) is 83.5 Å². The van der Waals surface area contributed by atoms with Gasteiger partial charge in [0.1, 0.15) is 6.10 Å². The predicted octanol–water partition coefficient (Wildman–Crippen LogP) is 14.0. The summed E-state index contributed by atoms with van der Waals surface area (Å²) in [7, 11) is 0.